The molecule has 0 spiro atoms. The highest BCUT2D eigenvalue weighted by Crippen LogP contribution is 2.33. The molecule has 0 aliphatic heterocycles. The molecule has 1 aromatic carbocycles. The summed E-state index contributed by atoms with van der Waals surface area (Å²) in [5.41, 5.74) is 8.56. The van der Waals surface area contributed by atoms with Gasteiger partial charge in [0.1, 0.15) is 0 Å². The van der Waals surface area contributed by atoms with Crippen LogP contribution >= 0.6 is 22.9 Å². The molecule has 2 atom stereocenters. The molecule has 8 nitrogen and oxygen atoms in total. The lowest BCUT2D eigenvalue weighted by Crippen LogP contribution is -2.22. The summed E-state index contributed by atoms with van der Waals surface area (Å²) >= 11 is 7.41. The fourth-order valence-corrected chi connectivity index (χ4v) is 4.74. The molecular formula is C21H24ClN7OS. The zero-order valence-electron chi connectivity index (χ0n) is 17.3. The Labute approximate surface area is 189 Å². The van der Waals surface area contributed by atoms with Gasteiger partial charge in [-0.3, -0.25) is 4.79 Å². The first-order chi connectivity index (χ1) is 14.9. The molecule has 1 fully saturated rings. The van der Waals surface area contributed by atoms with Crippen molar-refractivity contribution in [3.63, 3.8) is 0 Å². The van der Waals surface area contributed by atoms with Crippen LogP contribution in [0.2, 0.25) is 5.02 Å². The predicted octanol–water partition coefficient (Wildman–Crippen LogP) is 3.38. The maximum Gasteiger partial charge on any atom is 0.253 e. The zero-order valence-corrected chi connectivity index (χ0v) is 18.9. The molecule has 0 bridgehead atoms. The number of aromatic nitrogens is 3. The van der Waals surface area contributed by atoms with Gasteiger partial charge in [0.25, 0.3) is 5.91 Å². The van der Waals surface area contributed by atoms with Gasteiger partial charge in [-0.2, -0.15) is 0 Å². The van der Waals surface area contributed by atoms with Crippen LogP contribution in [0, 0.1) is 0 Å². The second-order valence-electron chi connectivity index (χ2n) is 7.62. The Hall–Kier alpha value is -2.75. The van der Waals surface area contributed by atoms with Crippen LogP contribution in [0.15, 0.2) is 42.2 Å². The third-order valence-electron chi connectivity index (χ3n) is 5.12. The van der Waals surface area contributed by atoms with E-state index in [4.69, 9.17) is 22.3 Å². The van der Waals surface area contributed by atoms with Crippen LogP contribution in [-0.2, 0) is 0 Å². The van der Waals surface area contributed by atoms with E-state index in [0.717, 1.165) is 28.2 Å². The van der Waals surface area contributed by atoms with E-state index in [-0.39, 0.29) is 18.0 Å². The number of fused-ring (bicyclic) bond motifs is 1. The second-order valence-corrected chi connectivity index (χ2v) is 9.09. The summed E-state index contributed by atoms with van der Waals surface area (Å²) in [5.74, 6) is 0.535. The average molecular weight is 458 g/mol. The number of nitrogens with zero attached hydrogens (tertiary/aromatic N) is 4. The number of nitrogens with one attached hydrogen (secondary N) is 2. The number of nitrogens with two attached hydrogens (primary N) is 1. The Bertz CT molecular complexity index is 1110. The number of rotatable bonds is 6. The molecule has 1 saturated carbocycles. The Morgan fingerprint density at radius 1 is 1.32 bits per heavy atom. The van der Waals surface area contributed by atoms with Gasteiger partial charge >= 0.3 is 0 Å². The van der Waals surface area contributed by atoms with E-state index in [2.05, 4.69) is 26.7 Å². The number of thiazole rings is 1. The molecule has 4 rings (SSSR count). The van der Waals surface area contributed by atoms with Gasteiger partial charge in [-0.1, -0.05) is 29.0 Å². The molecule has 2 heterocycles. The second kappa shape index (κ2) is 9.17. The molecule has 0 radical (unpaired) electrons. The van der Waals surface area contributed by atoms with Crippen LogP contribution in [0.4, 0.5) is 11.1 Å². The Morgan fingerprint density at radius 3 is 2.81 bits per heavy atom. The van der Waals surface area contributed by atoms with Gasteiger partial charge < -0.3 is 21.3 Å². The third-order valence-corrected chi connectivity index (χ3v) is 6.27. The lowest BCUT2D eigenvalue weighted by atomic mass is 10.1. The van der Waals surface area contributed by atoms with E-state index in [1.807, 2.05) is 18.2 Å². The van der Waals surface area contributed by atoms with Gasteiger partial charge in [0, 0.05) is 32.2 Å². The Kier molecular flexibility index (Phi) is 6.35. The monoisotopic (exact) mass is 457 g/mol. The maximum atomic E-state index is 12.2. The van der Waals surface area contributed by atoms with E-state index < -0.39 is 0 Å². The number of hydrogen-bond acceptors (Lipinski definition) is 8. The molecule has 162 valence electrons. The zero-order chi connectivity index (χ0) is 22.0. The topological polar surface area (TPSA) is 109 Å². The summed E-state index contributed by atoms with van der Waals surface area (Å²) in [6, 6.07) is 5.89. The van der Waals surface area contributed by atoms with Crippen LogP contribution in [0.1, 0.15) is 23.2 Å². The van der Waals surface area contributed by atoms with Gasteiger partial charge in [0.2, 0.25) is 5.95 Å². The molecule has 1 aliphatic carbocycles. The first-order valence-corrected chi connectivity index (χ1v) is 11.1. The SMILES string of the molecule is CN(C)C(=O)c1ccc2nc(N[C@@H]3C[C@@H](Nc4ncc(Cl)cn4)C/C3=C/CN)sc2c1. The number of anilines is 2. The number of carbonyl (C=O) groups excluding carboxylic acids is 1. The van der Waals surface area contributed by atoms with Crippen molar-refractivity contribution in [2.75, 3.05) is 31.3 Å². The summed E-state index contributed by atoms with van der Waals surface area (Å²) in [4.78, 5) is 27.0. The van der Waals surface area contributed by atoms with Crippen LogP contribution < -0.4 is 16.4 Å². The van der Waals surface area contributed by atoms with Gasteiger partial charge in [0.05, 0.1) is 33.7 Å². The molecule has 3 aromatic rings. The largest absolute Gasteiger partial charge is 0.355 e. The quantitative estimate of drug-likeness (QED) is 0.487. The van der Waals surface area contributed by atoms with Gasteiger partial charge in [-0.05, 0) is 36.6 Å². The lowest BCUT2D eigenvalue weighted by molar-refractivity contribution is 0.0828. The minimum Gasteiger partial charge on any atom is -0.355 e. The fraction of sp³-hybridized carbons (Fsp3) is 0.333. The highest BCUT2D eigenvalue weighted by molar-refractivity contribution is 7.22. The van der Waals surface area contributed by atoms with E-state index in [1.54, 1.807) is 42.7 Å². The van der Waals surface area contributed by atoms with E-state index in [1.165, 1.54) is 5.57 Å². The summed E-state index contributed by atoms with van der Waals surface area (Å²) in [5, 5.41) is 8.24. The predicted molar refractivity (Wildman–Crippen MR) is 126 cm³/mol. The van der Waals surface area contributed by atoms with E-state index in [0.29, 0.717) is 23.1 Å². The summed E-state index contributed by atoms with van der Waals surface area (Å²) < 4.78 is 0.974. The highest BCUT2D eigenvalue weighted by Gasteiger charge is 2.30. The maximum absolute atomic E-state index is 12.2. The van der Waals surface area contributed by atoms with E-state index in [9.17, 15) is 4.79 Å². The van der Waals surface area contributed by atoms with Crippen LogP contribution in [-0.4, -0.2) is 58.5 Å². The average Bonchev–Trinajstić information content (AvgIpc) is 3.32. The van der Waals surface area contributed by atoms with Crippen molar-refractivity contribution >= 4 is 50.1 Å². The lowest BCUT2D eigenvalue weighted by Gasteiger charge is -2.14. The van der Waals surface area contributed by atoms with Crippen molar-refractivity contribution in [1.29, 1.82) is 0 Å². The molecule has 0 saturated heterocycles. The summed E-state index contributed by atoms with van der Waals surface area (Å²) in [6.45, 7) is 0.480. The third kappa shape index (κ3) is 4.95. The van der Waals surface area contributed by atoms with Crippen molar-refractivity contribution in [2.24, 2.45) is 5.73 Å². The van der Waals surface area contributed by atoms with Crippen molar-refractivity contribution in [3.8, 4) is 0 Å². The van der Waals surface area contributed by atoms with Gasteiger partial charge in [-0.15, -0.1) is 0 Å². The smallest absolute Gasteiger partial charge is 0.253 e. The standard InChI is InChI=1S/C21H24ClN7OS/c1-29(2)19(30)13-3-4-16-18(8-13)31-21(27-16)28-17-9-15(7-12(17)5-6-23)26-20-24-10-14(22)11-25-20/h3-5,8,10-11,15,17H,6-7,9,23H2,1-2H3,(H,27,28)(H,24,25,26)/b12-5-/t15-,17+/m0/s1. The van der Waals surface area contributed by atoms with Crippen molar-refractivity contribution in [2.45, 2.75) is 24.9 Å². The molecule has 1 aliphatic rings. The molecule has 10 heteroatoms. The van der Waals surface area contributed by atoms with Crippen molar-refractivity contribution in [3.05, 3.63) is 52.8 Å². The number of carbonyl (C=O) groups is 1. The molecule has 0 unspecified atom stereocenters. The Balaban J connectivity index is 1.50. The minimum absolute atomic E-state index is 0.0212. The van der Waals surface area contributed by atoms with Gasteiger partial charge in [0.15, 0.2) is 5.13 Å². The normalized spacial score (nSPS) is 19.7. The first-order valence-electron chi connectivity index (χ1n) is 9.95. The number of amides is 1. The minimum atomic E-state index is -0.0212. The molecule has 2 aromatic heterocycles. The van der Waals surface area contributed by atoms with Crippen LogP contribution in [0.3, 0.4) is 0 Å². The molecule has 4 N–H and O–H groups in total. The van der Waals surface area contributed by atoms with Crippen LogP contribution in [0.5, 0.6) is 0 Å². The number of halogens is 1. The van der Waals surface area contributed by atoms with Crippen molar-refractivity contribution < 1.29 is 4.79 Å². The molecular weight excluding hydrogens is 434 g/mol. The van der Waals surface area contributed by atoms with Crippen LogP contribution in [0.25, 0.3) is 10.2 Å². The summed E-state index contributed by atoms with van der Waals surface area (Å²) in [7, 11) is 3.49. The fourth-order valence-electron chi connectivity index (χ4n) is 3.68. The molecule has 31 heavy (non-hydrogen) atoms. The highest BCUT2D eigenvalue weighted by atomic mass is 35.5. The summed E-state index contributed by atoms with van der Waals surface area (Å²) in [6.07, 6.45) is 6.90. The molecule has 1 amide bonds. The first kappa shape index (κ1) is 21.5. The van der Waals surface area contributed by atoms with E-state index >= 15 is 0 Å². The number of benzene rings is 1. The van der Waals surface area contributed by atoms with Crippen molar-refractivity contribution in [1.82, 2.24) is 19.9 Å². The Morgan fingerprint density at radius 2 is 2.10 bits per heavy atom. The van der Waals surface area contributed by atoms with Gasteiger partial charge in [-0.25, -0.2) is 15.0 Å². The number of hydrogen-bond donors (Lipinski definition) is 3.